The molecule has 4 nitrogen and oxygen atoms in total. The van der Waals surface area contributed by atoms with E-state index in [1.807, 2.05) is 0 Å². The molecule has 3 rings (SSSR count). The third-order valence-corrected chi connectivity index (χ3v) is 4.63. The van der Waals surface area contributed by atoms with Crippen molar-refractivity contribution >= 4 is 16.3 Å². The fourth-order valence-electron chi connectivity index (χ4n) is 2.45. The van der Waals surface area contributed by atoms with Crippen LogP contribution in [-0.2, 0) is 18.3 Å². The van der Waals surface area contributed by atoms with Gasteiger partial charge in [0, 0.05) is 10.3 Å². The molecule has 0 aliphatic heterocycles. The zero-order chi connectivity index (χ0) is 13.6. The minimum absolute atomic E-state index is 0.105. The lowest BCUT2D eigenvalue weighted by Gasteiger charge is -2.11. The minimum Gasteiger partial charge on any atom is -0.390 e. The van der Waals surface area contributed by atoms with Crippen LogP contribution in [0, 0.1) is 0 Å². The van der Waals surface area contributed by atoms with E-state index in [-0.39, 0.29) is 5.41 Å². The summed E-state index contributed by atoms with van der Waals surface area (Å²) < 4.78 is 5.45. The van der Waals surface area contributed by atoms with E-state index in [0.29, 0.717) is 5.89 Å². The summed E-state index contributed by atoms with van der Waals surface area (Å²) in [5.41, 5.74) is 8.38. The number of hydrogen-bond acceptors (Lipinski definition) is 5. The predicted molar refractivity (Wildman–Crippen MR) is 77.4 cm³/mol. The molecule has 0 aromatic carbocycles. The molecule has 0 unspecified atom stereocenters. The molecule has 0 amide bonds. The van der Waals surface area contributed by atoms with Gasteiger partial charge in [-0.2, -0.15) is 4.98 Å². The Bertz CT molecular complexity index is 607. The van der Waals surface area contributed by atoms with Crippen LogP contribution in [0.25, 0.3) is 11.5 Å². The highest BCUT2D eigenvalue weighted by Gasteiger charge is 2.27. The number of aromatic nitrogens is 2. The molecule has 0 bridgehead atoms. The van der Waals surface area contributed by atoms with Crippen LogP contribution in [-0.4, -0.2) is 10.1 Å². The molecule has 5 heteroatoms. The largest absolute Gasteiger partial charge is 0.390 e. The van der Waals surface area contributed by atoms with Gasteiger partial charge < -0.3 is 10.3 Å². The molecular weight excluding hydrogens is 258 g/mol. The number of nitrogens with zero attached hydrogens (tertiary/aromatic N) is 2. The monoisotopic (exact) mass is 277 g/mol. The van der Waals surface area contributed by atoms with Crippen LogP contribution in [0.3, 0.4) is 0 Å². The highest BCUT2D eigenvalue weighted by Crippen LogP contribution is 2.42. The summed E-state index contributed by atoms with van der Waals surface area (Å²) in [6.45, 7) is 6.23. The second-order valence-electron chi connectivity index (χ2n) is 6.12. The number of anilines is 1. The van der Waals surface area contributed by atoms with Crippen LogP contribution in [0.1, 0.15) is 49.9 Å². The number of aryl methyl sites for hydroxylation is 1. The number of nitrogen functional groups attached to an aromatic ring is 1. The molecule has 1 aliphatic carbocycles. The average Bonchev–Trinajstić information content (AvgIpc) is 2.90. The number of rotatable bonds is 1. The van der Waals surface area contributed by atoms with E-state index < -0.39 is 0 Å². The first-order valence-electron chi connectivity index (χ1n) is 6.71. The Morgan fingerprint density at radius 3 is 2.63 bits per heavy atom. The van der Waals surface area contributed by atoms with Crippen molar-refractivity contribution in [3.8, 4) is 11.5 Å². The fraction of sp³-hybridized carbons (Fsp3) is 0.571. The molecule has 2 N–H and O–H groups in total. The Labute approximate surface area is 117 Å². The Morgan fingerprint density at radius 1 is 1.21 bits per heavy atom. The quantitative estimate of drug-likeness (QED) is 0.865. The van der Waals surface area contributed by atoms with Crippen LogP contribution >= 0.6 is 11.3 Å². The van der Waals surface area contributed by atoms with Crippen molar-refractivity contribution in [2.45, 2.75) is 51.9 Å². The molecular formula is C14H19N3OS. The second kappa shape index (κ2) is 4.34. The highest BCUT2D eigenvalue weighted by atomic mass is 32.1. The molecule has 2 heterocycles. The summed E-state index contributed by atoms with van der Waals surface area (Å²) >= 11 is 1.68. The summed E-state index contributed by atoms with van der Waals surface area (Å²) in [5, 5.41) is 4.91. The number of nitrogens with two attached hydrogens (primary N) is 1. The summed E-state index contributed by atoms with van der Waals surface area (Å²) in [6.07, 6.45) is 4.68. The van der Waals surface area contributed by atoms with Crippen molar-refractivity contribution < 1.29 is 4.52 Å². The van der Waals surface area contributed by atoms with Crippen molar-refractivity contribution in [2.24, 2.45) is 0 Å². The van der Waals surface area contributed by atoms with Crippen LogP contribution in [0.4, 0.5) is 5.00 Å². The maximum absolute atomic E-state index is 6.16. The van der Waals surface area contributed by atoms with Gasteiger partial charge in [-0.15, -0.1) is 11.3 Å². The van der Waals surface area contributed by atoms with E-state index in [1.54, 1.807) is 11.3 Å². The van der Waals surface area contributed by atoms with Gasteiger partial charge in [0.1, 0.15) is 0 Å². The first-order valence-corrected chi connectivity index (χ1v) is 7.53. The first-order chi connectivity index (χ1) is 8.97. The summed E-state index contributed by atoms with van der Waals surface area (Å²) in [4.78, 5) is 5.94. The van der Waals surface area contributed by atoms with Crippen molar-refractivity contribution in [3.63, 3.8) is 0 Å². The van der Waals surface area contributed by atoms with Gasteiger partial charge in [0.15, 0.2) is 5.82 Å². The second-order valence-corrected chi connectivity index (χ2v) is 7.26. The lowest BCUT2D eigenvalue weighted by Crippen LogP contribution is -2.13. The summed E-state index contributed by atoms with van der Waals surface area (Å²) in [6, 6.07) is 0. The van der Waals surface area contributed by atoms with E-state index in [1.165, 1.54) is 23.3 Å². The van der Waals surface area contributed by atoms with Gasteiger partial charge in [-0.25, -0.2) is 0 Å². The van der Waals surface area contributed by atoms with E-state index >= 15 is 0 Å². The van der Waals surface area contributed by atoms with Gasteiger partial charge in [-0.3, -0.25) is 0 Å². The van der Waals surface area contributed by atoms with E-state index in [4.69, 9.17) is 10.3 Å². The lowest BCUT2D eigenvalue weighted by molar-refractivity contribution is 0.402. The lowest BCUT2D eigenvalue weighted by atomic mass is 9.95. The van der Waals surface area contributed by atoms with Crippen molar-refractivity contribution in [1.82, 2.24) is 10.1 Å². The van der Waals surface area contributed by atoms with Crippen LogP contribution in [0.2, 0.25) is 0 Å². The van der Waals surface area contributed by atoms with Gasteiger partial charge in [-0.1, -0.05) is 25.9 Å². The van der Waals surface area contributed by atoms with Crippen LogP contribution in [0.15, 0.2) is 4.52 Å². The molecule has 102 valence electrons. The molecule has 0 saturated heterocycles. The molecule has 0 radical (unpaired) electrons. The molecule has 0 atom stereocenters. The molecule has 2 aromatic rings. The number of thiophene rings is 1. The van der Waals surface area contributed by atoms with Gasteiger partial charge in [0.25, 0.3) is 5.89 Å². The zero-order valence-electron chi connectivity index (χ0n) is 11.6. The van der Waals surface area contributed by atoms with E-state index in [9.17, 15) is 0 Å². The van der Waals surface area contributed by atoms with Gasteiger partial charge in [-0.05, 0) is 31.2 Å². The molecule has 0 saturated carbocycles. The number of hydrogen-bond donors (Lipinski definition) is 1. The van der Waals surface area contributed by atoms with Gasteiger partial charge >= 0.3 is 0 Å². The third-order valence-electron chi connectivity index (χ3n) is 3.51. The minimum atomic E-state index is -0.105. The maximum Gasteiger partial charge on any atom is 0.261 e. The third kappa shape index (κ3) is 2.16. The standard InChI is InChI=1S/C14H19N3OS/c1-14(2,3)13-16-12(18-17-13)10-8-6-4-5-7-9(8)19-11(10)15/h4-7,15H2,1-3H3. The smallest absolute Gasteiger partial charge is 0.261 e. The normalized spacial score (nSPS) is 15.5. The van der Waals surface area contributed by atoms with Gasteiger partial charge in [0.2, 0.25) is 0 Å². The first kappa shape index (κ1) is 12.7. The molecule has 0 fully saturated rings. The molecule has 1 aliphatic rings. The molecule has 2 aromatic heterocycles. The van der Waals surface area contributed by atoms with Crippen molar-refractivity contribution in [1.29, 1.82) is 0 Å². The summed E-state index contributed by atoms with van der Waals surface area (Å²) in [7, 11) is 0. The molecule has 0 spiro atoms. The van der Waals surface area contributed by atoms with Crippen molar-refractivity contribution in [2.75, 3.05) is 5.73 Å². The SMILES string of the molecule is CC(C)(C)c1noc(-c2c(N)sc3c2CCCC3)n1. The average molecular weight is 277 g/mol. The van der Waals surface area contributed by atoms with Crippen LogP contribution in [0.5, 0.6) is 0 Å². The maximum atomic E-state index is 6.16. The summed E-state index contributed by atoms with van der Waals surface area (Å²) in [5.74, 6) is 1.32. The van der Waals surface area contributed by atoms with Crippen LogP contribution < -0.4 is 5.73 Å². The van der Waals surface area contributed by atoms with Gasteiger partial charge in [0.05, 0.1) is 10.6 Å². The number of fused-ring (bicyclic) bond motifs is 1. The molecule has 19 heavy (non-hydrogen) atoms. The zero-order valence-corrected chi connectivity index (χ0v) is 12.4. The fourth-order valence-corrected chi connectivity index (χ4v) is 3.60. The topological polar surface area (TPSA) is 64.9 Å². The Hall–Kier alpha value is -1.36. The Balaban J connectivity index is 2.07. The van der Waals surface area contributed by atoms with E-state index in [2.05, 4.69) is 30.9 Å². The Morgan fingerprint density at radius 2 is 1.95 bits per heavy atom. The highest BCUT2D eigenvalue weighted by molar-refractivity contribution is 7.16. The Kier molecular flexibility index (Phi) is 2.89. The van der Waals surface area contributed by atoms with E-state index in [0.717, 1.165) is 29.2 Å². The van der Waals surface area contributed by atoms with Crippen molar-refractivity contribution in [3.05, 3.63) is 16.3 Å². The predicted octanol–water partition coefficient (Wildman–Crippen LogP) is 3.56.